The number of rotatable bonds is 3. The number of imidazole rings is 1. The van der Waals surface area contributed by atoms with Gasteiger partial charge in [0.2, 0.25) is 0 Å². The fraction of sp³-hybridized carbons (Fsp3) is 0.591. The molecule has 0 saturated heterocycles. The van der Waals surface area contributed by atoms with Crippen LogP contribution in [0.3, 0.4) is 0 Å². The minimum Gasteiger partial charge on any atom is -0.393 e. The molecule has 1 aromatic heterocycles. The van der Waals surface area contributed by atoms with E-state index in [1.165, 1.54) is 29.7 Å². The first-order chi connectivity index (χ1) is 12.6. The molecule has 2 unspecified atom stereocenters. The molecule has 2 N–H and O–H groups in total. The van der Waals surface area contributed by atoms with Gasteiger partial charge in [0, 0.05) is 5.56 Å². The van der Waals surface area contributed by atoms with E-state index in [4.69, 9.17) is 0 Å². The standard InChI is InChI=1S/C22H26N2O2/c25-20(22-8-13-5-14(9-22)21(26)15(6-13)10-22)7-18-16-3-1-2-4-17(16)19-11-23-12-24(18)19/h1-4,11-15,18,20-21,25-26H,5-10H2/t13?,14?,15?,18-,20+,21?,22?/m0/s1. The minimum absolute atomic E-state index is 0.0218. The highest BCUT2D eigenvalue weighted by Gasteiger charge is 2.57. The van der Waals surface area contributed by atoms with Crippen LogP contribution in [0.2, 0.25) is 0 Å². The van der Waals surface area contributed by atoms with Crippen molar-refractivity contribution in [2.75, 3.05) is 0 Å². The Morgan fingerprint density at radius 3 is 2.73 bits per heavy atom. The highest BCUT2D eigenvalue weighted by Crippen LogP contribution is 2.62. The third kappa shape index (κ3) is 1.95. The number of aromatic nitrogens is 2. The van der Waals surface area contributed by atoms with E-state index >= 15 is 0 Å². The average Bonchev–Trinajstić information content (AvgIpc) is 3.22. The Balaban J connectivity index is 1.33. The molecule has 4 bridgehead atoms. The molecule has 4 atom stereocenters. The first kappa shape index (κ1) is 15.4. The van der Waals surface area contributed by atoms with E-state index in [9.17, 15) is 10.2 Å². The van der Waals surface area contributed by atoms with Gasteiger partial charge in [-0.3, -0.25) is 0 Å². The molecule has 7 rings (SSSR count). The van der Waals surface area contributed by atoms with Gasteiger partial charge in [-0.2, -0.15) is 0 Å². The van der Waals surface area contributed by atoms with Gasteiger partial charge >= 0.3 is 0 Å². The zero-order valence-electron chi connectivity index (χ0n) is 15.0. The second-order valence-electron chi connectivity index (χ2n) is 9.36. The summed E-state index contributed by atoms with van der Waals surface area (Å²) in [6.07, 6.45) is 9.67. The van der Waals surface area contributed by atoms with Crippen molar-refractivity contribution in [2.45, 2.75) is 56.8 Å². The van der Waals surface area contributed by atoms with E-state index in [1.807, 2.05) is 12.5 Å². The Bertz CT molecular complexity index is 843. The Morgan fingerprint density at radius 2 is 1.92 bits per heavy atom. The van der Waals surface area contributed by atoms with Gasteiger partial charge in [0.05, 0.1) is 36.5 Å². The predicted molar refractivity (Wildman–Crippen MR) is 98.4 cm³/mol. The lowest BCUT2D eigenvalue weighted by atomic mass is 9.47. The molecule has 1 aromatic carbocycles. The zero-order valence-corrected chi connectivity index (χ0v) is 15.0. The minimum atomic E-state index is -0.311. The van der Waals surface area contributed by atoms with E-state index in [2.05, 4.69) is 33.8 Å². The molecule has 4 saturated carbocycles. The summed E-state index contributed by atoms with van der Waals surface area (Å²) in [6.45, 7) is 0. The summed E-state index contributed by atoms with van der Waals surface area (Å²) >= 11 is 0. The van der Waals surface area contributed by atoms with Gasteiger partial charge < -0.3 is 14.8 Å². The molecule has 5 aliphatic rings. The summed E-state index contributed by atoms with van der Waals surface area (Å²) in [5.41, 5.74) is 3.75. The summed E-state index contributed by atoms with van der Waals surface area (Å²) in [4.78, 5) is 4.35. The third-order valence-corrected chi connectivity index (χ3v) is 8.02. The van der Waals surface area contributed by atoms with Crippen LogP contribution in [0.25, 0.3) is 11.3 Å². The number of aliphatic hydroxyl groups is 2. The van der Waals surface area contributed by atoms with Crippen LogP contribution in [0.1, 0.15) is 50.1 Å². The molecule has 4 fully saturated rings. The lowest BCUT2D eigenvalue weighted by Crippen LogP contribution is -2.57. The molecular formula is C22H26N2O2. The molecule has 2 heterocycles. The molecule has 136 valence electrons. The lowest BCUT2D eigenvalue weighted by Gasteiger charge is -2.60. The van der Waals surface area contributed by atoms with Crippen LogP contribution in [-0.2, 0) is 0 Å². The maximum absolute atomic E-state index is 11.4. The fourth-order valence-electron chi connectivity index (χ4n) is 7.10. The molecule has 1 aliphatic heterocycles. The van der Waals surface area contributed by atoms with E-state index < -0.39 is 0 Å². The molecular weight excluding hydrogens is 324 g/mol. The first-order valence-electron chi connectivity index (χ1n) is 10.1. The normalized spacial score (nSPS) is 40.5. The smallest absolute Gasteiger partial charge is 0.0956 e. The number of nitrogens with zero attached hydrogens (tertiary/aromatic N) is 2. The van der Waals surface area contributed by atoms with Crippen molar-refractivity contribution in [3.05, 3.63) is 42.4 Å². The summed E-state index contributed by atoms with van der Waals surface area (Å²) < 4.78 is 2.24. The Kier molecular flexibility index (Phi) is 3.08. The SMILES string of the molecule is OC1C2CC3CC1CC([C@H](O)C[C@H]1c4ccccc4-c4cncn41)(C3)C2. The van der Waals surface area contributed by atoms with Crippen LogP contribution in [-0.4, -0.2) is 32.0 Å². The largest absolute Gasteiger partial charge is 0.393 e. The van der Waals surface area contributed by atoms with Gasteiger partial charge in [-0.15, -0.1) is 0 Å². The van der Waals surface area contributed by atoms with Gasteiger partial charge in [0.15, 0.2) is 0 Å². The third-order valence-electron chi connectivity index (χ3n) is 8.02. The molecule has 4 nitrogen and oxygen atoms in total. The maximum Gasteiger partial charge on any atom is 0.0956 e. The summed E-state index contributed by atoms with van der Waals surface area (Å²) in [6, 6.07) is 8.71. The highest BCUT2D eigenvalue weighted by molar-refractivity contribution is 5.68. The quantitative estimate of drug-likeness (QED) is 0.892. The first-order valence-corrected chi connectivity index (χ1v) is 10.1. The van der Waals surface area contributed by atoms with Gasteiger partial charge in [0.1, 0.15) is 0 Å². The lowest BCUT2D eigenvalue weighted by molar-refractivity contribution is -0.173. The summed E-state index contributed by atoms with van der Waals surface area (Å²) in [5, 5.41) is 22.0. The van der Waals surface area contributed by atoms with Gasteiger partial charge in [-0.25, -0.2) is 4.98 Å². The molecule has 0 radical (unpaired) electrons. The van der Waals surface area contributed by atoms with E-state index in [1.54, 1.807) is 0 Å². The van der Waals surface area contributed by atoms with Crippen molar-refractivity contribution in [3.63, 3.8) is 0 Å². The second kappa shape index (κ2) is 5.20. The molecule has 4 heteroatoms. The molecule has 2 aromatic rings. The topological polar surface area (TPSA) is 58.3 Å². The number of hydrogen-bond donors (Lipinski definition) is 2. The van der Waals surface area contributed by atoms with E-state index in [-0.39, 0.29) is 23.7 Å². The Morgan fingerprint density at radius 1 is 1.15 bits per heavy atom. The molecule has 4 aliphatic carbocycles. The van der Waals surface area contributed by atoms with Gasteiger partial charge in [-0.05, 0) is 67.3 Å². The predicted octanol–water partition coefficient (Wildman–Crippen LogP) is 3.39. The number of hydrogen-bond acceptors (Lipinski definition) is 3. The Hall–Kier alpha value is -1.65. The molecule has 0 spiro atoms. The maximum atomic E-state index is 11.4. The second-order valence-corrected chi connectivity index (χ2v) is 9.36. The highest BCUT2D eigenvalue weighted by atomic mass is 16.3. The number of fused-ring (bicyclic) bond motifs is 3. The zero-order chi connectivity index (χ0) is 17.5. The van der Waals surface area contributed by atoms with Crippen molar-refractivity contribution in [3.8, 4) is 11.3 Å². The molecule has 0 amide bonds. The van der Waals surface area contributed by atoms with Crippen molar-refractivity contribution in [1.82, 2.24) is 9.55 Å². The number of benzene rings is 1. The van der Waals surface area contributed by atoms with Crippen LogP contribution in [0.4, 0.5) is 0 Å². The molecule has 26 heavy (non-hydrogen) atoms. The van der Waals surface area contributed by atoms with Gasteiger partial charge in [0.25, 0.3) is 0 Å². The average molecular weight is 350 g/mol. The van der Waals surface area contributed by atoms with Crippen molar-refractivity contribution in [1.29, 1.82) is 0 Å². The van der Waals surface area contributed by atoms with Crippen LogP contribution >= 0.6 is 0 Å². The number of aliphatic hydroxyl groups excluding tert-OH is 2. The van der Waals surface area contributed by atoms with Crippen LogP contribution in [0.5, 0.6) is 0 Å². The summed E-state index contributed by atoms with van der Waals surface area (Å²) in [5.74, 6) is 1.54. The fourth-order valence-corrected chi connectivity index (χ4v) is 7.10. The van der Waals surface area contributed by atoms with Crippen molar-refractivity contribution >= 4 is 0 Å². The van der Waals surface area contributed by atoms with E-state index in [0.29, 0.717) is 17.8 Å². The van der Waals surface area contributed by atoms with Gasteiger partial charge in [-0.1, -0.05) is 24.3 Å². The summed E-state index contributed by atoms with van der Waals surface area (Å²) in [7, 11) is 0. The van der Waals surface area contributed by atoms with Crippen LogP contribution < -0.4 is 0 Å². The van der Waals surface area contributed by atoms with Crippen LogP contribution in [0, 0.1) is 23.2 Å². The monoisotopic (exact) mass is 350 g/mol. The van der Waals surface area contributed by atoms with Crippen LogP contribution in [0.15, 0.2) is 36.8 Å². The van der Waals surface area contributed by atoms with Crippen molar-refractivity contribution < 1.29 is 10.2 Å². The van der Waals surface area contributed by atoms with E-state index in [0.717, 1.165) is 25.7 Å². The Labute approximate surface area is 153 Å². The van der Waals surface area contributed by atoms with Crippen molar-refractivity contribution in [2.24, 2.45) is 23.2 Å².